The smallest absolute Gasteiger partial charge is 0.157 e. The lowest BCUT2D eigenvalue weighted by atomic mass is 10.2. The normalized spacial score (nSPS) is 10.8. The summed E-state index contributed by atoms with van der Waals surface area (Å²) in [7, 11) is 0. The number of nitrogens with two attached hydrogens (primary N) is 1. The molecule has 3 N–H and O–H groups in total. The van der Waals surface area contributed by atoms with Crippen LogP contribution in [0.2, 0.25) is 0 Å². The molecule has 2 aromatic rings. The van der Waals surface area contributed by atoms with E-state index in [9.17, 15) is 8.78 Å². The summed E-state index contributed by atoms with van der Waals surface area (Å²) >= 11 is 0. The number of aromatic nitrogens is 2. The average Bonchev–Trinajstić information content (AvgIpc) is 2.48. The molecule has 0 saturated carbocycles. The summed E-state index contributed by atoms with van der Waals surface area (Å²) in [6.07, 6.45) is 1.20. The van der Waals surface area contributed by atoms with Crippen LogP contribution < -0.4 is 5.73 Å². The molecule has 0 aliphatic carbocycles. The number of rotatable bonds is 0. The van der Waals surface area contributed by atoms with Crippen molar-refractivity contribution in [1.82, 2.24) is 10.2 Å². The van der Waals surface area contributed by atoms with Crippen molar-refractivity contribution in [1.29, 1.82) is 0 Å². The number of nitrogens with zero attached hydrogens (tertiary/aromatic N) is 1. The Balaban J connectivity index is 2.97. The van der Waals surface area contributed by atoms with Crippen molar-refractivity contribution < 1.29 is 8.78 Å². The molecule has 2 rings (SSSR count). The van der Waals surface area contributed by atoms with Crippen LogP contribution in [-0.4, -0.2) is 10.2 Å². The molecule has 0 radical (unpaired) electrons. The van der Waals surface area contributed by atoms with Gasteiger partial charge in [0.15, 0.2) is 11.6 Å². The van der Waals surface area contributed by atoms with Crippen LogP contribution in [-0.2, 0) is 0 Å². The van der Waals surface area contributed by atoms with Gasteiger partial charge in [0.05, 0.1) is 17.3 Å². The summed E-state index contributed by atoms with van der Waals surface area (Å²) in [5.74, 6) is -1.23. The van der Waals surface area contributed by atoms with Gasteiger partial charge in [0, 0.05) is 6.07 Å². The number of H-pyrrole nitrogens is 1. The number of nitrogens with one attached hydrogen (secondary N) is 1. The highest BCUT2D eigenvalue weighted by Gasteiger charge is 2.10. The molecule has 0 amide bonds. The number of aromatic amines is 1. The predicted octanol–water partition coefficient (Wildman–Crippen LogP) is 1.42. The van der Waals surface area contributed by atoms with Crippen LogP contribution >= 0.6 is 0 Å². The minimum absolute atomic E-state index is 0.0432. The molecule has 0 aliphatic rings. The van der Waals surface area contributed by atoms with Crippen molar-refractivity contribution in [3.8, 4) is 0 Å². The van der Waals surface area contributed by atoms with Gasteiger partial charge in [-0.05, 0) is 0 Å². The van der Waals surface area contributed by atoms with E-state index in [1.807, 2.05) is 0 Å². The van der Waals surface area contributed by atoms with E-state index in [1.165, 1.54) is 6.20 Å². The first-order valence-electron chi connectivity index (χ1n) is 3.26. The fraction of sp³-hybridized carbons (Fsp3) is 0. The highest BCUT2D eigenvalue weighted by Crippen LogP contribution is 2.23. The van der Waals surface area contributed by atoms with Crippen LogP contribution in [0, 0.1) is 11.6 Å². The third kappa shape index (κ3) is 0.761. The summed E-state index contributed by atoms with van der Waals surface area (Å²) < 4.78 is 26.0. The maximum absolute atomic E-state index is 13.1. The summed E-state index contributed by atoms with van der Waals surface area (Å²) in [5.41, 5.74) is 5.03. The van der Waals surface area contributed by atoms with Gasteiger partial charge in [-0.1, -0.05) is 0 Å². The largest absolute Gasteiger partial charge is 0.396 e. The topological polar surface area (TPSA) is 54.7 Å². The first kappa shape index (κ1) is 7.02. The first-order valence-corrected chi connectivity index (χ1v) is 3.26. The van der Waals surface area contributed by atoms with E-state index in [0.29, 0.717) is 0 Å². The Kier molecular flexibility index (Phi) is 1.27. The molecule has 0 bridgehead atoms. The number of nitrogen functional groups attached to an aromatic ring is 1. The molecular weight excluding hydrogens is 164 g/mol. The molecule has 1 heterocycles. The zero-order valence-corrected chi connectivity index (χ0v) is 5.94. The molecular formula is C7H5F2N3. The summed E-state index contributed by atoms with van der Waals surface area (Å²) in [6, 6.07) is 0.926. The van der Waals surface area contributed by atoms with Gasteiger partial charge in [-0.25, -0.2) is 8.78 Å². The SMILES string of the molecule is Nc1cc(F)c2[nH]ncc2c1F. The van der Waals surface area contributed by atoms with E-state index >= 15 is 0 Å². The Bertz CT molecular complexity index is 435. The Labute approximate surface area is 66.2 Å². The molecule has 0 saturated heterocycles. The zero-order valence-electron chi connectivity index (χ0n) is 5.94. The molecule has 12 heavy (non-hydrogen) atoms. The number of anilines is 1. The highest BCUT2D eigenvalue weighted by atomic mass is 19.1. The Hall–Kier alpha value is -1.65. The van der Waals surface area contributed by atoms with E-state index in [4.69, 9.17) is 5.73 Å². The van der Waals surface area contributed by atoms with Crippen molar-refractivity contribution in [3.63, 3.8) is 0 Å². The van der Waals surface area contributed by atoms with Crippen molar-refractivity contribution in [2.45, 2.75) is 0 Å². The zero-order chi connectivity index (χ0) is 8.72. The lowest BCUT2D eigenvalue weighted by Gasteiger charge is -1.97. The van der Waals surface area contributed by atoms with Crippen LogP contribution in [0.25, 0.3) is 10.9 Å². The number of benzene rings is 1. The Morgan fingerprint density at radius 3 is 2.92 bits per heavy atom. The Morgan fingerprint density at radius 2 is 2.17 bits per heavy atom. The van der Waals surface area contributed by atoms with E-state index in [-0.39, 0.29) is 16.6 Å². The highest BCUT2D eigenvalue weighted by molar-refractivity contribution is 5.82. The maximum atomic E-state index is 13.1. The van der Waals surface area contributed by atoms with Gasteiger partial charge >= 0.3 is 0 Å². The average molecular weight is 169 g/mol. The van der Waals surface area contributed by atoms with Gasteiger partial charge in [0.25, 0.3) is 0 Å². The molecule has 0 fully saturated rings. The Morgan fingerprint density at radius 1 is 1.42 bits per heavy atom. The van der Waals surface area contributed by atoms with E-state index in [1.54, 1.807) is 0 Å². The van der Waals surface area contributed by atoms with Crippen molar-refractivity contribution in [2.75, 3.05) is 5.73 Å². The number of hydrogen-bond acceptors (Lipinski definition) is 2. The summed E-state index contributed by atoms with van der Waals surface area (Å²) in [5, 5.41) is 5.92. The van der Waals surface area contributed by atoms with E-state index in [2.05, 4.69) is 10.2 Å². The van der Waals surface area contributed by atoms with Crippen LogP contribution in [0.15, 0.2) is 12.3 Å². The standard InChI is InChI=1S/C7H5F2N3/c8-4-1-5(10)6(9)3-2-11-12-7(3)4/h1-2H,10H2,(H,11,12). The maximum Gasteiger partial charge on any atom is 0.157 e. The second-order valence-electron chi connectivity index (χ2n) is 2.42. The van der Waals surface area contributed by atoms with Crippen molar-refractivity contribution in [3.05, 3.63) is 23.9 Å². The van der Waals surface area contributed by atoms with Gasteiger partial charge in [-0.2, -0.15) is 5.10 Å². The molecule has 1 aromatic carbocycles. The third-order valence-electron chi connectivity index (χ3n) is 1.65. The lowest BCUT2D eigenvalue weighted by Crippen LogP contribution is -1.92. The first-order chi connectivity index (χ1) is 5.70. The van der Waals surface area contributed by atoms with Gasteiger partial charge in [-0.3, -0.25) is 5.10 Å². The van der Waals surface area contributed by atoms with Crippen LogP contribution in [0.3, 0.4) is 0 Å². The second kappa shape index (κ2) is 2.17. The molecule has 0 aliphatic heterocycles. The van der Waals surface area contributed by atoms with Gasteiger partial charge in [0.1, 0.15) is 5.52 Å². The molecule has 1 aromatic heterocycles. The minimum atomic E-state index is -0.639. The molecule has 5 heteroatoms. The molecule has 3 nitrogen and oxygen atoms in total. The minimum Gasteiger partial charge on any atom is -0.396 e. The van der Waals surface area contributed by atoms with Crippen molar-refractivity contribution >= 4 is 16.6 Å². The van der Waals surface area contributed by atoms with Gasteiger partial charge in [-0.15, -0.1) is 0 Å². The van der Waals surface area contributed by atoms with Crippen LogP contribution in [0.5, 0.6) is 0 Å². The molecule has 0 spiro atoms. The molecule has 62 valence electrons. The number of halogens is 2. The van der Waals surface area contributed by atoms with Crippen molar-refractivity contribution in [2.24, 2.45) is 0 Å². The van der Waals surface area contributed by atoms with Crippen LogP contribution in [0.4, 0.5) is 14.5 Å². The van der Waals surface area contributed by atoms with Gasteiger partial charge < -0.3 is 5.73 Å². The fourth-order valence-electron chi connectivity index (χ4n) is 1.06. The van der Waals surface area contributed by atoms with E-state index in [0.717, 1.165) is 6.07 Å². The quantitative estimate of drug-likeness (QED) is 0.586. The molecule has 0 atom stereocenters. The lowest BCUT2D eigenvalue weighted by molar-refractivity contribution is 0.620. The summed E-state index contributed by atoms with van der Waals surface area (Å²) in [6.45, 7) is 0. The number of fused-ring (bicyclic) bond motifs is 1. The second-order valence-corrected chi connectivity index (χ2v) is 2.42. The van der Waals surface area contributed by atoms with Gasteiger partial charge in [0.2, 0.25) is 0 Å². The van der Waals surface area contributed by atoms with Crippen LogP contribution in [0.1, 0.15) is 0 Å². The number of hydrogen-bond donors (Lipinski definition) is 2. The predicted molar refractivity (Wildman–Crippen MR) is 40.4 cm³/mol. The van der Waals surface area contributed by atoms with E-state index < -0.39 is 11.6 Å². The fourth-order valence-corrected chi connectivity index (χ4v) is 1.06. The molecule has 0 unspecified atom stereocenters. The summed E-state index contributed by atoms with van der Waals surface area (Å²) in [4.78, 5) is 0. The monoisotopic (exact) mass is 169 g/mol. The third-order valence-corrected chi connectivity index (χ3v) is 1.65.